The number of anilines is 3. The van der Waals surface area contributed by atoms with Gasteiger partial charge in [0.05, 0.1) is 17.4 Å². The van der Waals surface area contributed by atoms with Gasteiger partial charge < -0.3 is 25.5 Å². The average molecular weight is 465 g/mol. The molecular weight excluding hydrogens is 436 g/mol. The summed E-state index contributed by atoms with van der Waals surface area (Å²) >= 11 is 0. The second-order valence-electron chi connectivity index (χ2n) is 7.82. The van der Waals surface area contributed by atoms with E-state index in [0.29, 0.717) is 5.69 Å². The van der Waals surface area contributed by atoms with Gasteiger partial charge in [0.25, 0.3) is 11.8 Å². The van der Waals surface area contributed by atoms with Crippen molar-refractivity contribution in [2.75, 3.05) is 31.0 Å². The van der Waals surface area contributed by atoms with Crippen LogP contribution in [0.4, 0.5) is 17.5 Å². The molecule has 0 unspecified atom stereocenters. The SMILES string of the molecule is CC(C)[C@@H](C)Nc1nc(Nc2ccc(OS(C)(=O)=O)c(C(=O)N(C)C)c2)ncc1C(N)=O. The fourth-order valence-electron chi connectivity index (χ4n) is 2.50. The highest BCUT2D eigenvalue weighted by Gasteiger charge is 2.20. The summed E-state index contributed by atoms with van der Waals surface area (Å²) in [6.07, 6.45) is 2.20. The maximum Gasteiger partial charge on any atom is 0.306 e. The van der Waals surface area contributed by atoms with E-state index in [2.05, 4.69) is 20.6 Å². The molecule has 12 heteroatoms. The minimum Gasteiger partial charge on any atom is -0.382 e. The van der Waals surface area contributed by atoms with Gasteiger partial charge in [0, 0.05) is 32.0 Å². The maximum absolute atomic E-state index is 12.5. The number of carbonyl (C=O) groups excluding carboxylic acids is 2. The first kappa shape index (κ1) is 24.9. The molecule has 174 valence electrons. The van der Waals surface area contributed by atoms with E-state index in [9.17, 15) is 18.0 Å². The number of hydrogen-bond acceptors (Lipinski definition) is 9. The fourth-order valence-corrected chi connectivity index (χ4v) is 2.97. The van der Waals surface area contributed by atoms with Gasteiger partial charge in [-0.15, -0.1) is 0 Å². The lowest BCUT2D eigenvalue weighted by atomic mass is 10.1. The molecule has 0 aliphatic heterocycles. The number of benzene rings is 1. The zero-order valence-corrected chi connectivity index (χ0v) is 19.6. The summed E-state index contributed by atoms with van der Waals surface area (Å²) in [4.78, 5) is 34.1. The lowest BCUT2D eigenvalue weighted by Gasteiger charge is -2.20. The number of carbonyl (C=O) groups is 2. The number of amides is 2. The molecule has 0 aliphatic carbocycles. The molecule has 2 rings (SSSR count). The van der Waals surface area contributed by atoms with Crippen LogP contribution in [0.1, 0.15) is 41.5 Å². The molecule has 11 nitrogen and oxygen atoms in total. The quantitative estimate of drug-likeness (QED) is 0.471. The molecule has 0 saturated heterocycles. The van der Waals surface area contributed by atoms with Crippen LogP contribution in [0.2, 0.25) is 0 Å². The maximum atomic E-state index is 12.5. The van der Waals surface area contributed by atoms with E-state index >= 15 is 0 Å². The topological polar surface area (TPSA) is 157 Å². The summed E-state index contributed by atoms with van der Waals surface area (Å²) in [5.41, 5.74) is 6.02. The molecule has 0 fully saturated rings. The Kier molecular flexibility index (Phi) is 7.62. The number of nitrogens with zero attached hydrogens (tertiary/aromatic N) is 3. The average Bonchev–Trinajstić information content (AvgIpc) is 2.67. The van der Waals surface area contributed by atoms with E-state index in [-0.39, 0.29) is 40.6 Å². The lowest BCUT2D eigenvalue weighted by molar-refractivity contribution is 0.0825. The van der Waals surface area contributed by atoms with Gasteiger partial charge in [-0.2, -0.15) is 13.4 Å². The Labute approximate surface area is 187 Å². The molecule has 1 aromatic carbocycles. The van der Waals surface area contributed by atoms with E-state index in [1.165, 1.54) is 43.4 Å². The predicted octanol–water partition coefficient (Wildman–Crippen LogP) is 1.82. The highest BCUT2D eigenvalue weighted by atomic mass is 32.2. The van der Waals surface area contributed by atoms with Crippen molar-refractivity contribution in [1.29, 1.82) is 0 Å². The molecule has 1 heterocycles. The number of nitrogens with two attached hydrogens (primary N) is 1. The van der Waals surface area contributed by atoms with Crippen molar-refractivity contribution in [3.8, 4) is 5.75 Å². The fraction of sp³-hybridized carbons (Fsp3) is 0.400. The van der Waals surface area contributed by atoms with Gasteiger partial charge in [0.2, 0.25) is 5.95 Å². The molecule has 1 atom stereocenters. The van der Waals surface area contributed by atoms with Gasteiger partial charge in [-0.25, -0.2) is 4.98 Å². The summed E-state index contributed by atoms with van der Waals surface area (Å²) in [5.74, 6) is -0.535. The number of primary amides is 1. The van der Waals surface area contributed by atoms with Crippen LogP contribution >= 0.6 is 0 Å². The minimum absolute atomic E-state index is 0.00703. The van der Waals surface area contributed by atoms with E-state index in [4.69, 9.17) is 9.92 Å². The van der Waals surface area contributed by atoms with E-state index in [1.54, 1.807) is 0 Å². The molecule has 1 aromatic heterocycles. The molecule has 2 aromatic rings. The molecule has 0 saturated carbocycles. The number of aromatic nitrogens is 2. The number of hydrogen-bond donors (Lipinski definition) is 3. The number of rotatable bonds is 9. The van der Waals surface area contributed by atoms with Crippen LogP contribution in [-0.2, 0) is 10.1 Å². The Morgan fingerprint density at radius 2 is 1.81 bits per heavy atom. The van der Waals surface area contributed by atoms with Gasteiger partial charge >= 0.3 is 10.1 Å². The van der Waals surface area contributed by atoms with E-state index in [1.807, 2.05) is 20.8 Å². The molecule has 4 N–H and O–H groups in total. The smallest absolute Gasteiger partial charge is 0.306 e. The van der Waals surface area contributed by atoms with Crippen molar-refractivity contribution in [2.24, 2.45) is 11.7 Å². The molecule has 0 radical (unpaired) electrons. The Morgan fingerprint density at radius 1 is 1.16 bits per heavy atom. The third kappa shape index (κ3) is 6.54. The van der Waals surface area contributed by atoms with Crippen molar-refractivity contribution in [1.82, 2.24) is 14.9 Å². The lowest BCUT2D eigenvalue weighted by Crippen LogP contribution is -2.25. The van der Waals surface area contributed by atoms with Crippen LogP contribution in [0.3, 0.4) is 0 Å². The normalized spacial score (nSPS) is 12.2. The van der Waals surface area contributed by atoms with Crippen molar-refractivity contribution in [2.45, 2.75) is 26.8 Å². The highest BCUT2D eigenvalue weighted by molar-refractivity contribution is 7.86. The van der Waals surface area contributed by atoms with Crippen LogP contribution in [0.5, 0.6) is 5.75 Å². The summed E-state index contributed by atoms with van der Waals surface area (Å²) in [7, 11) is -0.768. The largest absolute Gasteiger partial charge is 0.382 e. The van der Waals surface area contributed by atoms with E-state index in [0.717, 1.165) is 6.26 Å². The van der Waals surface area contributed by atoms with Crippen LogP contribution in [-0.4, -0.2) is 61.5 Å². The van der Waals surface area contributed by atoms with Crippen molar-refractivity contribution in [3.05, 3.63) is 35.5 Å². The zero-order valence-electron chi connectivity index (χ0n) is 18.8. The van der Waals surface area contributed by atoms with Gasteiger partial charge in [-0.3, -0.25) is 9.59 Å². The van der Waals surface area contributed by atoms with Gasteiger partial charge in [0.15, 0.2) is 5.75 Å². The van der Waals surface area contributed by atoms with Crippen LogP contribution < -0.4 is 20.6 Å². The van der Waals surface area contributed by atoms with Crippen LogP contribution in [0.15, 0.2) is 24.4 Å². The van der Waals surface area contributed by atoms with Crippen molar-refractivity contribution < 1.29 is 22.2 Å². The molecule has 32 heavy (non-hydrogen) atoms. The first-order valence-corrected chi connectivity index (χ1v) is 11.6. The Balaban J connectivity index is 2.44. The first-order chi connectivity index (χ1) is 14.8. The van der Waals surface area contributed by atoms with Gasteiger partial charge in [-0.1, -0.05) is 13.8 Å². The summed E-state index contributed by atoms with van der Waals surface area (Å²) in [5, 5.41) is 6.10. The van der Waals surface area contributed by atoms with Crippen LogP contribution in [0, 0.1) is 5.92 Å². The summed E-state index contributed by atoms with van der Waals surface area (Å²) < 4.78 is 28.0. The van der Waals surface area contributed by atoms with Crippen molar-refractivity contribution in [3.63, 3.8) is 0 Å². The second-order valence-corrected chi connectivity index (χ2v) is 9.40. The van der Waals surface area contributed by atoms with Crippen LogP contribution in [0.25, 0.3) is 0 Å². The van der Waals surface area contributed by atoms with Gasteiger partial charge in [-0.05, 0) is 31.0 Å². The third-order valence-electron chi connectivity index (χ3n) is 4.53. The van der Waals surface area contributed by atoms with Crippen molar-refractivity contribution >= 4 is 39.4 Å². The predicted molar refractivity (Wildman–Crippen MR) is 122 cm³/mol. The Hall–Kier alpha value is -3.41. The molecule has 0 bridgehead atoms. The first-order valence-electron chi connectivity index (χ1n) is 9.74. The summed E-state index contributed by atoms with van der Waals surface area (Å²) in [6.45, 7) is 5.99. The number of nitrogens with one attached hydrogen (secondary N) is 2. The highest BCUT2D eigenvalue weighted by Crippen LogP contribution is 2.27. The zero-order chi connectivity index (χ0) is 24.2. The Bertz CT molecular complexity index is 1120. The monoisotopic (exact) mass is 464 g/mol. The molecule has 0 spiro atoms. The minimum atomic E-state index is -3.84. The molecule has 2 amide bonds. The van der Waals surface area contributed by atoms with Gasteiger partial charge in [0.1, 0.15) is 5.82 Å². The summed E-state index contributed by atoms with van der Waals surface area (Å²) in [6, 6.07) is 4.31. The Morgan fingerprint density at radius 3 is 2.34 bits per heavy atom. The molecule has 0 aliphatic rings. The molecular formula is C20H28N6O5S. The second kappa shape index (κ2) is 9.81. The standard InChI is InChI=1S/C20H28N6O5S/c1-11(2)12(3)23-18-15(17(21)27)10-22-20(25-18)24-13-7-8-16(31-32(6,29)30)14(9-13)19(28)26(4)5/h7-12H,1-6H3,(H2,21,27)(H2,22,23,24,25)/t12-/m1/s1. The third-order valence-corrected chi connectivity index (χ3v) is 5.01. The van der Waals surface area contributed by atoms with E-state index < -0.39 is 21.9 Å².